The van der Waals surface area contributed by atoms with Crippen LogP contribution in [0.4, 0.5) is 5.69 Å². The van der Waals surface area contributed by atoms with Gasteiger partial charge in [-0.1, -0.05) is 26.0 Å². The summed E-state index contributed by atoms with van der Waals surface area (Å²) in [5, 5.41) is 2.81. The van der Waals surface area contributed by atoms with E-state index in [2.05, 4.69) is 5.32 Å². The minimum atomic E-state index is -0.363. The molecule has 0 spiro atoms. The minimum Gasteiger partial charge on any atom is -0.493 e. The fourth-order valence-corrected chi connectivity index (χ4v) is 2.16. The van der Waals surface area contributed by atoms with Crippen LogP contribution in [-0.4, -0.2) is 25.1 Å². The summed E-state index contributed by atoms with van der Waals surface area (Å²) in [6.07, 6.45) is 1.64. The Labute approximate surface area is 148 Å². The number of para-hydroxylation sites is 1. The Morgan fingerprint density at radius 2 is 1.60 bits per heavy atom. The Morgan fingerprint density at radius 3 is 2.28 bits per heavy atom. The molecule has 0 heterocycles. The van der Waals surface area contributed by atoms with Gasteiger partial charge in [0.2, 0.25) is 0 Å². The molecule has 0 saturated carbocycles. The summed E-state index contributed by atoms with van der Waals surface area (Å²) in [5.41, 5.74) is 1.53. The molecule has 2 aromatic rings. The summed E-state index contributed by atoms with van der Waals surface area (Å²) in [5.74, 6) is -0.0623. The van der Waals surface area contributed by atoms with E-state index >= 15 is 0 Å². The van der Waals surface area contributed by atoms with Crippen molar-refractivity contribution in [3.8, 4) is 5.75 Å². The number of ether oxygens (including phenoxy) is 2. The molecular weight excluding hydrogens is 318 g/mol. The van der Waals surface area contributed by atoms with Gasteiger partial charge >= 0.3 is 5.97 Å². The molecule has 0 aromatic heterocycles. The van der Waals surface area contributed by atoms with Crippen LogP contribution in [0.5, 0.6) is 5.75 Å². The van der Waals surface area contributed by atoms with Gasteiger partial charge in [-0.3, -0.25) is 4.79 Å². The molecule has 0 aliphatic heterocycles. The maximum absolute atomic E-state index is 12.5. The van der Waals surface area contributed by atoms with Crippen LogP contribution in [-0.2, 0) is 4.74 Å². The maximum atomic E-state index is 12.5. The van der Waals surface area contributed by atoms with Crippen molar-refractivity contribution in [3.63, 3.8) is 0 Å². The number of rotatable bonds is 8. The van der Waals surface area contributed by atoms with Crippen molar-refractivity contribution < 1.29 is 19.1 Å². The van der Waals surface area contributed by atoms with E-state index < -0.39 is 0 Å². The molecule has 0 aliphatic rings. The van der Waals surface area contributed by atoms with E-state index in [9.17, 15) is 9.59 Å². The van der Waals surface area contributed by atoms with Crippen LogP contribution >= 0.6 is 0 Å². The third-order valence-electron chi connectivity index (χ3n) is 3.41. The Morgan fingerprint density at radius 1 is 0.920 bits per heavy atom. The Bertz CT molecular complexity index is 710. The molecule has 0 unspecified atom stereocenters. The van der Waals surface area contributed by atoms with Crippen molar-refractivity contribution in [1.82, 2.24) is 0 Å². The molecule has 1 amide bonds. The zero-order chi connectivity index (χ0) is 18.1. The second kappa shape index (κ2) is 9.47. The van der Waals surface area contributed by atoms with E-state index in [1.54, 1.807) is 42.5 Å². The third-order valence-corrected chi connectivity index (χ3v) is 3.41. The van der Waals surface area contributed by atoms with E-state index in [0.717, 1.165) is 12.8 Å². The molecule has 2 rings (SSSR count). The lowest BCUT2D eigenvalue weighted by Gasteiger charge is -2.11. The smallest absolute Gasteiger partial charge is 0.338 e. The fraction of sp³-hybridized carbons (Fsp3) is 0.300. The van der Waals surface area contributed by atoms with Crippen LogP contribution in [0.15, 0.2) is 48.5 Å². The van der Waals surface area contributed by atoms with Gasteiger partial charge in [0.15, 0.2) is 0 Å². The molecule has 25 heavy (non-hydrogen) atoms. The molecule has 0 saturated heterocycles. The largest absolute Gasteiger partial charge is 0.493 e. The van der Waals surface area contributed by atoms with Crippen LogP contribution in [0.1, 0.15) is 47.4 Å². The number of carbonyl (C=O) groups excluding carboxylic acids is 2. The highest BCUT2D eigenvalue weighted by atomic mass is 16.5. The van der Waals surface area contributed by atoms with Crippen molar-refractivity contribution in [2.45, 2.75) is 26.7 Å². The molecule has 0 aliphatic carbocycles. The summed E-state index contributed by atoms with van der Waals surface area (Å²) in [4.78, 5) is 24.3. The van der Waals surface area contributed by atoms with Gasteiger partial charge in [0.05, 0.1) is 24.3 Å². The van der Waals surface area contributed by atoms with Crippen molar-refractivity contribution in [3.05, 3.63) is 59.7 Å². The molecule has 5 nitrogen and oxygen atoms in total. The lowest BCUT2D eigenvalue weighted by Crippen LogP contribution is -2.14. The predicted octanol–water partition coefficient (Wildman–Crippen LogP) is 4.29. The van der Waals surface area contributed by atoms with Gasteiger partial charge in [0, 0.05) is 5.69 Å². The number of benzene rings is 2. The zero-order valence-corrected chi connectivity index (χ0v) is 14.6. The number of anilines is 1. The van der Waals surface area contributed by atoms with E-state index in [0.29, 0.717) is 35.8 Å². The normalized spacial score (nSPS) is 10.2. The molecule has 132 valence electrons. The van der Waals surface area contributed by atoms with E-state index in [1.807, 2.05) is 19.9 Å². The topological polar surface area (TPSA) is 64.6 Å². The summed E-state index contributed by atoms with van der Waals surface area (Å²) in [6.45, 7) is 4.90. The number of esters is 1. The zero-order valence-electron chi connectivity index (χ0n) is 14.6. The number of hydrogen-bond acceptors (Lipinski definition) is 4. The summed E-state index contributed by atoms with van der Waals surface area (Å²) < 4.78 is 10.7. The first-order valence-electron chi connectivity index (χ1n) is 8.46. The first kappa shape index (κ1) is 18.5. The quantitative estimate of drug-likeness (QED) is 0.727. The van der Waals surface area contributed by atoms with Gasteiger partial charge in [-0.25, -0.2) is 4.79 Å². The van der Waals surface area contributed by atoms with Crippen LogP contribution in [0.3, 0.4) is 0 Å². The minimum absolute atomic E-state index is 0.256. The summed E-state index contributed by atoms with van der Waals surface area (Å²) >= 11 is 0. The molecule has 5 heteroatoms. The Balaban J connectivity index is 2.05. The van der Waals surface area contributed by atoms with Crippen molar-refractivity contribution in [2.24, 2.45) is 0 Å². The van der Waals surface area contributed by atoms with Gasteiger partial charge in [-0.05, 0) is 49.2 Å². The number of carbonyl (C=O) groups is 2. The Hall–Kier alpha value is -2.82. The van der Waals surface area contributed by atoms with Crippen LogP contribution in [0, 0.1) is 0 Å². The third kappa shape index (κ3) is 5.35. The molecule has 2 aromatic carbocycles. The molecule has 0 radical (unpaired) electrons. The second-order valence-corrected chi connectivity index (χ2v) is 5.51. The van der Waals surface area contributed by atoms with Gasteiger partial charge in [-0.15, -0.1) is 0 Å². The highest BCUT2D eigenvalue weighted by Crippen LogP contribution is 2.20. The van der Waals surface area contributed by atoms with Crippen LogP contribution < -0.4 is 10.1 Å². The lowest BCUT2D eigenvalue weighted by atomic mass is 10.1. The van der Waals surface area contributed by atoms with Gasteiger partial charge in [0.25, 0.3) is 5.91 Å². The van der Waals surface area contributed by atoms with Gasteiger partial charge in [-0.2, -0.15) is 0 Å². The molecule has 0 atom stereocenters. The summed E-state index contributed by atoms with van der Waals surface area (Å²) in [6, 6.07) is 13.7. The monoisotopic (exact) mass is 341 g/mol. The maximum Gasteiger partial charge on any atom is 0.338 e. The average molecular weight is 341 g/mol. The highest BCUT2D eigenvalue weighted by molar-refractivity contribution is 6.06. The van der Waals surface area contributed by atoms with Crippen molar-refractivity contribution in [2.75, 3.05) is 18.5 Å². The van der Waals surface area contributed by atoms with Crippen LogP contribution in [0.2, 0.25) is 0 Å². The SMILES string of the molecule is CCCOC(=O)c1ccc(NC(=O)c2ccccc2OCCC)cc1. The van der Waals surface area contributed by atoms with Crippen molar-refractivity contribution >= 4 is 17.6 Å². The van der Waals surface area contributed by atoms with Crippen LogP contribution in [0.25, 0.3) is 0 Å². The first-order valence-corrected chi connectivity index (χ1v) is 8.46. The summed E-state index contributed by atoms with van der Waals surface area (Å²) in [7, 11) is 0. The van der Waals surface area contributed by atoms with E-state index in [-0.39, 0.29) is 11.9 Å². The average Bonchev–Trinajstić information content (AvgIpc) is 2.65. The number of amides is 1. The molecule has 1 N–H and O–H groups in total. The molecule has 0 bridgehead atoms. The van der Waals surface area contributed by atoms with E-state index in [4.69, 9.17) is 9.47 Å². The second-order valence-electron chi connectivity index (χ2n) is 5.51. The Kier molecular flexibility index (Phi) is 7.01. The van der Waals surface area contributed by atoms with Gasteiger partial charge < -0.3 is 14.8 Å². The lowest BCUT2D eigenvalue weighted by molar-refractivity contribution is 0.0505. The number of nitrogens with one attached hydrogen (secondary N) is 1. The van der Waals surface area contributed by atoms with E-state index in [1.165, 1.54) is 0 Å². The molecular formula is C20H23NO4. The fourth-order valence-electron chi connectivity index (χ4n) is 2.16. The molecule has 0 fully saturated rings. The number of hydrogen-bond donors (Lipinski definition) is 1. The van der Waals surface area contributed by atoms with Crippen molar-refractivity contribution in [1.29, 1.82) is 0 Å². The first-order chi connectivity index (χ1) is 12.2. The highest BCUT2D eigenvalue weighted by Gasteiger charge is 2.13. The predicted molar refractivity (Wildman–Crippen MR) is 97.2 cm³/mol. The van der Waals surface area contributed by atoms with Gasteiger partial charge in [0.1, 0.15) is 5.75 Å². The standard InChI is InChI=1S/C20H23NO4/c1-3-13-24-18-8-6-5-7-17(18)19(22)21-16-11-9-15(10-12-16)20(23)25-14-4-2/h5-12H,3-4,13-14H2,1-2H3,(H,21,22).